The summed E-state index contributed by atoms with van der Waals surface area (Å²) in [6.07, 6.45) is 8.40. The molecule has 1 unspecified atom stereocenters. The first-order valence-electron chi connectivity index (χ1n) is 4.96. The molecular formula is C10H21OSi+. The van der Waals surface area contributed by atoms with Crippen molar-refractivity contribution in [1.82, 2.24) is 0 Å². The molecule has 1 saturated heterocycles. The Morgan fingerprint density at radius 1 is 1.50 bits per heavy atom. The number of hydrogen-bond donors (Lipinski definition) is 0. The van der Waals surface area contributed by atoms with Crippen LogP contribution in [-0.2, 0) is 4.74 Å². The van der Waals surface area contributed by atoms with Crippen LogP contribution in [0.15, 0.2) is 12.2 Å². The van der Waals surface area contributed by atoms with E-state index in [1.165, 1.54) is 19.3 Å². The molecule has 0 saturated carbocycles. The Hall–Kier alpha value is -0.0831. The van der Waals surface area contributed by atoms with Gasteiger partial charge in [-0.25, -0.2) is 0 Å². The van der Waals surface area contributed by atoms with Crippen LogP contribution < -0.4 is 0 Å². The molecule has 1 rings (SSSR count). The molecule has 1 atom stereocenters. The molecule has 0 aromatic rings. The Morgan fingerprint density at radius 2 is 2.25 bits per heavy atom. The lowest BCUT2D eigenvalue weighted by Gasteiger charge is -2.31. The van der Waals surface area contributed by atoms with E-state index in [1.807, 2.05) is 0 Å². The molecule has 1 aliphatic rings. The highest BCUT2D eigenvalue weighted by molar-refractivity contribution is 6.16. The van der Waals surface area contributed by atoms with Crippen molar-refractivity contribution in [3.63, 3.8) is 0 Å². The standard InChI is InChI=1S/C10H20OSi/c1-9(2)5-7-10(12)6-3-4-8-11-10/h5,7,9H,3-4,6,8H2,1-2,12H3/p+1. The molecule has 1 heterocycles. The van der Waals surface area contributed by atoms with Gasteiger partial charge in [-0.2, -0.15) is 0 Å². The second-order valence-corrected chi connectivity index (χ2v) is 5.91. The SMILES string of the molecule is CC(C)C=CC1([SiH3])CCCCO1.[H+]. The number of ether oxygens (including phenoxy) is 1. The predicted octanol–water partition coefficient (Wildman–Crippen LogP) is 1.57. The van der Waals surface area contributed by atoms with Gasteiger partial charge in [0.2, 0.25) is 0 Å². The predicted molar refractivity (Wildman–Crippen MR) is 57.6 cm³/mol. The first-order chi connectivity index (χ1) is 5.62. The van der Waals surface area contributed by atoms with E-state index in [2.05, 4.69) is 26.0 Å². The minimum atomic E-state index is 0. The van der Waals surface area contributed by atoms with Crippen molar-refractivity contribution in [1.29, 1.82) is 0 Å². The summed E-state index contributed by atoms with van der Waals surface area (Å²) in [6, 6.07) is 0. The zero-order valence-electron chi connectivity index (χ0n) is 9.47. The van der Waals surface area contributed by atoms with Crippen molar-refractivity contribution in [3.05, 3.63) is 12.2 Å². The average Bonchev–Trinajstić information content (AvgIpc) is 2.03. The molecule has 1 nitrogen and oxygen atoms in total. The van der Waals surface area contributed by atoms with Gasteiger partial charge in [0.15, 0.2) is 0 Å². The fraction of sp³-hybridized carbons (Fsp3) is 0.800. The topological polar surface area (TPSA) is 9.23 Å². The smallest absolute Gasteiger partial charge is 0.376 e. The Morgan fingerprint density at radius 3 is 2.75 bits per heavy atom. The van der Waals surface area contributed by atoms with Crippen LogP contribution in [0, 0.1) is 5.92 Å². The monoisotopic (exact) mass is 185 g/mol. The summed E-state index contributed by atoms with van der Waals surface area (Å²) in [5, 5.41) is 0.169. The van der Waals surface area contributed by atoms with Gasteiger partial charge in [0.1, 0.15) is 0 Å². The normalized spacial score (nSPS) is 31.9. The second kappa shape index (κ2) is 4.24. The van der Waals surface area contributed by atoms with Crippen LogP contribution in [0.1, 0.15) is 34.5 Å². The maximum absolute atomic E-state index is 5.79. The summed E-state index contributed by atoms with van der Waals surface area (Å²) in [5.41, 5.74) is 0. The van der Waals surface area contributed by atoms with E-state index in [9.17, 15) is 0 Å². The van der Waals surface area contributed by atoms with Crippen LogP contribution in [0.2, 0.25) is 0 Å². The van der Waals surface area contributed by atoms with Crippen LogP contribution in [0.5, 0.6) is 0 Å². The maximum atomic E-state index is 5.79. The molecule has 0 aliphatic carbocycles. The number of hydrogen-bond acceptors (Lipinski definition) is 1. The number of allylic oxidation sites excluding steroid dienone is 1. The van der Waals surface area contributed by atoms with Crippen molar-refractivity contribution < 1.29 is 6.16 Å². The molecule has 12 heavy (non-hydrogen) atoms. The fourth-order valence-corrected chi connectivity index (χ4v) is 2.23. The lowest BCUT2D eigenvalue weighted by atomic mass is 10.1. The molecule has 0 N–H and O–H groups in total. The van der Waals surface area contributed by atoms with E-state index in [4.69, 9.17) is 4.74 Å². The highest BCUT2D eigenvalue weighted by Gasteiger charge is 2.23. The molecular weight excluding hydrogens is 164 g/mol. The first kappa shape index (κ1) is 10.0. The summed E-state index contributed by atoms with van der Waals surface area (Å²) in [4.78, 5) is 0. The molecule has 0 aromatic heterocycles. The molecule has 1 fully saturated rings. The van der Waals surface area contributed by atoms with E-state index in [0.717, 1.165) is 16.8 Å². The van der Waals surface area contributed by atoms with E-state index in [0.29, 0.717) is 5.92 Å². The zero-order chi connectivity index (χ0) is 9.03. The van der Waals surface area contributed by atoms with E-state index >= 15 is 0 Å². The minimum absolute atomic E-state index is 0. The average molecular weight is 185 g/mol. The van der Waals surface area contributed by atoms with Crippen molar-refractivity contribution in [2.75, 3.05) is 6.61 Å². The Bertz CT molecular complexity index is 162. The van der Waals surface area contributed by atoms with Crippen LogP contribution in [0.4, 0.5) is 0 Å². The van der Waals surface area contributed by atoms with Crippen molar-refractivity contribution in [2.24, 2.45) is 5.92 Å². The maximum Gasteiger partial charge on any atom is 1.00 e. The summed E-state index contributed by atoms with van der Waals surface area (Å²) in [7, 11) is 1.13. The molecule has 0 amide bonds. The van der Waals surface area contributed by atoms with E-state index in [-0.39, 0.29) is 6.65 Å². The molecule has 1 aliphatic heterocycles. The highest BCUT2D eigenvalue weighted by Crippen LogP contribution is 2.23. The molecule has 70 valence electrons. The van der Waals surface area contributed by atoms with Crippen LogP contribution in [0.3, 0.4) is 0 Å². The van der Waals surface area contributed by atoms with Gasteiger partial charge in [-0.05, 0) is 25.2 Å². The zero-order valence-corrected chi connectivity index (χ0v) is 10.5. The van der Waals surface area contributed by atoms with Gasteiger partial charge in [0.05, 0.1) is 5.22 Å². The lowest BCUT2D eigenvalue weighted by Crippen LogP contribution is -2.34. The Kier molecular flexibility index (Phi) is 3.53. The van der Waals surface area contributed by atoms with Crippen molar-refractivity contribution in [3.8, 4) is 0 Å². The van der Waals surface area contributed by atoms with Crippen molar-refractivity contribution >= 4 is 10.2 Å². The third-order valence-electron chi connectivity index (χ3n) is 2.33. The molecule has 0 spiro atoms. The summed E-state index contributed by atoms with van der Waals surface area (Å²) >= 11 is 0. The Balaban J connectivity index is 0.00000144. The lowest BCUT2D eigenvalue weighted by molar-refractivity contribution is 0.0151. The first-order valence-corrected chi connectivity index (χ1v) is 5.96. The molecule has 0 radical (unpaired) electrons. The summed E-state index contributed by atoms with van der Waals surface area (Å²) in [6.45, 7) is 5.39. The number of rotatable bonds is 2. The quantitative estimate of drug-likeness (QED) is 0.469. The molecule has 0 bridgehead atoms. The van der Waals surface area contributed by atoms with Gasteiger partial charge in [-0.15, -0.1) is 0 Å². The van der Waals surface area contributed by atoms with Gasteiger partial charge in [0.25, 0.3) is 0 Å². The minimum Gasteiger partial charge on any atom is -0.376 e. The van der Waals surface area contributed by atoms with Gasteiger partial charge >= 0.3 is 1.43 Å². The van der Waals surface area contributed by atoms with Gasteiger partial charge in [-0.3, -0.25) is 0 Å². The van der Waals surface area contributed by atoms with Crippen LogP contribution in [-0.4, -0.2) is 22.1 Å². The largest absolute Gasteiger partial charge is 1.00 e. The van der Waals surface area contributed by atoms with Gasteiger partial charge in [0, 0.05) is 16.8 Å². The highest BCUT2D eigenvalue weighted by atomic mass is 28.1. The van der Waals surface area contributed by atoms with Gasteiger partial charge in [-0.1, -0.05) is 26.0 Å². The van der Waals surface area contributed by atoms with E-state index in [1.54, 1.807) is 0 Å². The van der Waals surface area contributed by atoms with E-state index < -0.39 is 0 Å². The Labute approximate surface area is 80.1 Å². The second-order valence-electron chi connectivity index (χ2n) is 4.22. The van der Waals surface area contributed by atoms with Crippen molar-refractivity contribution in [2.45, 2.75) is 38.3 Å². The third-order valence-corrected chi connectivity index (χ3v) is 3.46. The van der Waals surface area contributed by atoms with Crippen LogP contribution >= 0.6 is 0 Å². The third kappa shape index (κ3) is 3.11. The summed E-state index contributed by atoms with van der Waals surface area (Å²) in [5.74, 6) is 0.654. The fourth-order valence-electron chi connectivity index (χ4n) is 1.48. The molecule has 0 aromatic carbocycles. The summed E-state index contributed by atoms with van der Waals surface area (Å²) < 4.78 is 5.79. The van der Waals surface area contributed by atoms with Crippen LogP contribution in [0.25, 0.3) is 0 Å². The molecule has 2 heteroatoms. The van der Waals surface area contributed by atoms with Gasteiger partial charge < -0.3 is 4.74 Å².